The molecule has 0 aliphatic rings. The number of rotatable bonds is 6. The minimum atomic E-state index is -1.61. The number of hydrogen-bond donors (Lipinski definition) is 1. The van der Waals surface area contributed by atoms with Gasteiger partial charge in [-0.05, 0) is 18.9 Å². The summed E-state index contributed by atoms with van der Waals surface area (Å²) in [5, 5.41) is 19.5. The number of halogens is 1. The van der Waals surface area contributed by atoms with Crippen LogP contribution in [0.15, 0.2) is 18.2 Å². The molecule has 0 saturated heterocycles. The first-order valence-corrected chi connectivity index (χ1v) is 5.69. The van der Waals surface area contributed by atoms with E-state index >= 15 is 0 Å². The van der Waals surface area contributed by atoms with E-state index in [2.05, 4.69) is 4.74 Å². The number of nitro benzene ring substituents is 1. The SMILES string of the molecule is CCOC(=O)C(Cc1cccc([N+](=O)[O-])c1F)C(=O)O. The van der Waals surface area contributed by atoms with Crippen molar-refractivity contribution in [1.82, 2.24) is 0 Å². The van der Waals surface area contributed by atoms with Crippen molar-refractivity contribution in [2.45, 2.75) is 13.3 Å². The van der Waals surface area contributed by atoms with Crippen LogP contribution in [-0.4, -0.2) is 28.6 Å². The van der Waals surface area contributed by atoms with Crippen molar-refractivity contribution >= 4 is 17.6 Å². The predicted octanol–water partition coefficient (Wildman–Crippen LogP) is 1.54. The summed E-state index contributed by atoms with van der Waals surface area (Å²) in [5.74, 6) is -5.24. The summed E-state index contributed by atoms with van der Waals surface area (Å²) in [7, 11) is 0. The fraction of sp³-hybridized carbons (Fsp3) is 0.333. The molecule has 0 radical (unpaired) electrons. The Morgan fingerprint density at radius 3 is 2.65 bits per heavy atom. The molecule has 20 heavy (non-hydrogen) atoms. The minimum absolute atomic E-state index is 0.0139. The number of nitrogens with zero attached hydrogens (tertiary/aromatic N) is 1. The fourth-order valence-corrected chi connectivity index (χ4v) is 1.60. The number of hydrogen-bond acceptors (Lipinski definition) is 5. The Labute approximate surface area is 113 Å². The fourth-order valence-electron chi connectivity index (χ4n) is 1.60. The molecule has 0 aromatic heterocycles. The molecule has 0 saturated carbocycles. The van der Waals surface area contributed by atoms with E-state index in [0.29, 0.717) is 0 Å². The zero-order chi connectivity index (χ0) is 15.3. The van der Waals surface area contributed by atoms with E-state index in [4.69, 9.17) is 5.11 Å². The maximum Gasteiger partial charge on any atom is 0.320 e. The van der Waals surface area contributed by atoms with Gasteiger partial charge in [-0.25, -0.2) is 0 Å². The molecule has 0 heterocycles. The molecule has 1 aromatic carbocycles. The van der Waals surface area contributed by atoms with Crippen molar-refractivity contribution in [3.63, 3.8) is 0 Å². The number of carboxylic acid groups (broad SMARTS) is 1. The number of aliphatic carboxylic acids is 1. The third-order valence-corrected chi connectivity index (χ3v) is 2.55. The van der Waals surface area contributed by atoms with Crippen LogP contribution in [0.1, 0.15) is 12.5 Å². The number of esters is 1. The van der Waals surface area contributed by atoms with Gasteiger partial charge in [-0.1, -0.05) is 12.1 Å². The molecule has 1 rings (SSSR count). The van der Waals surface area contributed by atoms with Crippen LogP contribution < -0.4 is 0 Å². The standard InChI is InChI=1S/C12H12FNO6/c1-2-20-12(17)8(11(15)16)6-7-4-3-5-9(10(7)13)14(18)19/h3-5,8H,2,6H2,1H3,(H,15,16). The Morgan fingerprint density at radius 2 is 2.15 bits per heavy atom. The van der Waals surface area contributed by atoms with Gasteiger partial charge < -0.3 is 9.84 Å². The highest BCUT2D eigenvalue weighted by Gasteiger charge is 2.30. The molecule has 7 nitrogen and oxygen atoms in total. The van der Waals surface area contributed by atoms with E-state index in [1.165, 1.54) is 19.1 Å². The van der Waals surface area contributed by atoms with Gasteiger partial charge in [-0.15, -0.1) is 0 Å². The van der Waals surface area contributed by atoms with Crippen LogP contribution in [0.2, 0.25) is 0 Å². The lowest BCUT2D eigenvalue weighted by Crippen LogP contribution is -2.28. The van der Waals surface area contributed by atoms with Crippen molar-refractivity contribution in [2.24, 2.45) is 5.92 Å². The molecule has 1 aromatic rings. The normalized spacial score (nSPS) is 11.7. The molecule has 1 atom stereocenters. The van der Waals surface area contributed by atoms with Crippen molar-refractivity contribution in [2.75, 3.05) is 6.61 Å². The summed E-state index contributed by atoms with van der Waals surface area (Å²) in [4.78, 5) is 32.1. The van der Waals surface area contributed by atoms with Gasteiger partial charge in [0, 0.05) is 6.07 Å². The van der Waals surface area contributed by atoms with Gasteiger partial charge in [0.1, 0.15) is 0 Å². The summed E-state index contributed by atoms with van der Waals surface area (Å²) in [6, 6.07) is 3.37. The molecule has 0 bridgehead atoms. The largest absolute Gasteiger partial charge is 0.481 e. The van der Waals surface area contributed by atoms with Crippen molar-refractivity contribution in [3.05, 3.63) is 39.7 Å². The Hall–Kier alpha value is -2.51. The Morgan fingerprint density at radius 1 is 1.50 bits per heavy atom. The lowest BCUT2D eigenvalue weighted by molar-refractivity contribution is -0.387. The number of carbonyl (C=O) groups excluding carboxylic acids is 1. The lowest BCUT2D eigenvalue weighted by Gasteiger charge is -2.11. The average Bonchev–Trinajstić information content (AvgIpc) is 2.36. The van der Waals surface area contributed by atoms with Gasteiger partial charge in [0.15, 0.2) is 5.92 Å². The number of carbonyl (C=O) groups is 2. The molecule has 8 heteroatoms. The molecule has 0 spiro atoms. The molecule has 0 aliphatic heterocycles. The van der Waals surface area contributed by atoms with Crippen LogP contribution in [0.3, 0.4) is 0 Å². The van der Waals surface area contributed by atoms with E-state index < -0.39 is 40.7 Å². The monoisotopic (exact) mass is 285 g/mol. The molecule has 0 aliphatic carbocycles. The molecule has 0 fully saturated rings. The maximum atomic E-state index is 13.8. The molecular weight excluding hydrogens is 273 g/mol. The number of benzene rings is 1. The van der Waals surface area contributed by atoms with Crippen molar-refractivity contribution in [3.8, 4) is 0 Å². The number of carboxylic acids is 1. The van der Waals surface area contributed by atoms with Crippen LogP contribution in [0, 0.1) is 21.8 Å². The quantitative estimate of drug-likeness (QED) is 0.367. The summed E-state index contributed by atoms with van der Waals surface area (Å²) in [5.41, 5.74) is -0.991. The zero-order valence-electron chi connectivity index (χ0n) is 10.5. The van der Waals surface area contributed by atoms with Crippen LogP contribution in [0.25, 0.3) is 0 Å². The third-order valence-electron chi connectivity index (χ3n) is 2.55. The first kappa shape index (κ1) is 15.5. The molecule has 108 valence electrons. The van der Waals surface area contributed by atoms with Gasteiger partial charge >= 0.3 is 17.6 Å². The van der Waals surface area contributed by atoms with Gasteiger partial charge in [-0.3, -0.25) is 19.7 Å². The van der Waals surface area contributed by atoms with Crippen molar-refractivity contribution in [1.29, 1.82) is 0 Å². The van der Waals surface area contributed by atoms with Crippen LogP contribution in [0.5, 0.6) is 0 Å². The lowest BCUT2D eigenvalue weighted by atomic mass is 9.98. The summed E-state index contributed by atoms with van der Waals surface area (Å²) in [6.45, 7) is 1.49. The van der Waals surface area contributed by atoms with E-state index in [1.807, 2.05) is 0 Å². The Balaban J connectivity index is 3.06. The zero-order valence-corrected chi connectivity index (χ0v) is 10.5. The van der Waals surface area contributed by atoms with Crippen molar-refractivity contribution < 1.29 is 28.7 Å². The van der Waals surface area contributed by atoms with Gasteiger partial charge in [0.2, 0.25) is 5.82 Å². The minimum Gasteiger partial charge on any atom is -0.481 e. The Bertz CT molecular complexity index is 545. The summed E-state index contributed by atoms with van der Waals surface area (Å²) < 4.78 is 18.4. The highest BCUT2D eigenvalue weighted by atomic mass is 19.1. The van der Waals surface area contributed by atoms with Crippen LogP contribution >= 0.6 is 0 Å². The van der Waals surface area contributed by atoms with Crippen LogP contribution in [-0.2, 0) is 20.7 Å². The highest BCUT2D eigenvalue weighted by molar-refractivity contribution is 5.94. The van der Waals surface area contributed by atoms with E-state index in [9.17, 15) is 24.1 Å². The highest BCUT2D eigenvalue weighted by Crippen LogP contribution is 2.23. The van der Waals surface area contributed by atoms with E-state index in [1.54, 1.807) is 0 Å². The third kappa shape index (κ3) is 3.50. The summed E-state index contributed by atoms with van der Waals surface area (Å²) in [6.07, 6.45) is -0.512. The van der Waals surface area contributed by atoms with E-state index in [0.717, 1.165) is 6.07 Å². The van der Waals surface area contributed by atoms with Crippen LogP contribution in [0.4, 0.5) is 10.1 Å². The average molecular weight is 285 g/mol. The molecule has 1 N–H and O–H groups in total. The number of ether oxygens (including phenoxy) is 1. The van der Waals surface area contributed by atoms with Gasteiger partial charge in [0.25, 0.3) is 0 Å². The second kappa shape index (κ2) is 6.60. The van der Waals surface area contributed by atoms with Gasteiger partial charge in [0.05, 0.1) is 11.5 Å². The molecule has 1 unspecified atom stereocenters. The smallest absolute Gasteiger partial charge is 0.320 e. The topological polar surface area (TPSA) is 107 Å². The molecule has 0 amide bonds. The Kier molecular flexibility index (Phi) is 5.13. The first-order chi connectivity index (χ1) is 9.38. The summed E-state index contributed by atoms with van der Waals surface area (Å²) >= 11 is 0. The first-order valence-electron chi connectivity index (χ1n) is 5.69. The maximum absolute atomic E-state index is 13.8. The molecular formula is C12H12FNO6. The predicted molar refractivity (Wildman–Crippen MR) is 64.5 cm³/mol. The number of nitro groups is 1. The van der Waals surface area contributed by atoms with Gasteiger partial charge in [-0.2, -0.15) is 4.39 Å². The van der Waals surface area contributed by atoms with E-state index in [-0.39, 0.29) is 12.2 Å². The second-order valence-corrected chi connectivity index (χ2v) is 3.85. The second-order valence-electron chi connectivity index (χ2n) is 3.85.